The van der Waals surface area contributed by atoms with Gasteiger partial charge in [0.2, 0.25) is 0 Å². The molecule has 0 bridgehead atoms. The molecule has 0 aromatic carbocycles. The molecule has 1 heterocycles. The van der Waals surface area contributed by atoms with Crippen molar-refractivity contribution >= 4 is 24.2 Å². The van der Waals surface area contributed by atoms with E-state index in [1.54, 1.807) is 0 Å². The van der Waals surface area contributed by atoms with Crippen LogP contribution >= 0.6 is 24.2 Å². The zero-order valence-electron chi connectivity index (χ0n) is 9.89. The Morgan fingerprint density at radius 2 is 1.80 bits per heavy atom. The van der Waals surface area contributed by atoms with E-state index in [0.717, 1.165) is 6.42 Å². The van der Waals surface area contributed by atoms with Gasteiger partial charge in [-0.3, -0.25) is 0 Å². The average Bonchev–Trinajstić information content (AvgIpc) is 2.19. The molecule has 0 unspecified atom stereocenters. The van der Waals surface area contributed by atoms with Crippen molar-refractivity contribution in [2.75, 3.05) is 19.6 Å². The van der Waals surface area contributed by atoms with E-state index in [-0.39, 0.29) is 17.9 Å². The zero-order chi connectivity index (χ0) is 10.4. The summed E-state index contributed by atoms with van der Waals surface area (Å²) in [7, 11) is 0. The maximum atomic E-state index is 5.65. The second kappa shape index (κ2) is 7.72. The molecule has 15 heavy (non-hydrogen) atoms. The molecule has 1 fully saturated rings. The first kappa shape index (κ1) is 15.5. The smallest absolute Gasteiger partial charge is 0.0276 e. The summed E-state index contributed by atoms with van der Waals surface area (Å²) >= 11 is 5.65. The normalized spacial score (nSPS) is 18.6. The van der Waals surface area contributed by atoms with Crippen molar-refractivity contribution in [3.8, 4) is 0 Å². The van der Waals surface area contributed by atoms with Gasteiger partial charge in [-0.25, -0.2) is 4.84 Å². The summed E-state index contributed by atoms with van der Waals surface area (Å²) in [5.41, 5.74) is 0.0807. The van der Waals surface area contributed by atoms with Crippen LogP contribution in [0.5, 0.6) is 0 Å². The highest BCUT2D eigenvalue weighted by Crippen LogP contribution is 2.14. The van der Waals surface area contributed by atoms with Crippen molar-refractivity contribution in [2.45, 2.75) is 51.5 Å². The van der Waals surface area contributed by atoms with Gasteiger partial charge in [-0.05, 0) is 70.9 Å². The largest absolute Gasteiger partial charge is 0.303 e. The van der Waals surface area contributed by atoms with Gasteiger partial charge in [-0.1, -0.05) is 6.42 Å². The fourth-order valence-corrected chi connectivity index (χ4v) is 2.07. The summed E-state index contributed by atoms with van der Waals surface area (Å²) in [4.78, 5) is 5.41. The van der Waals surface area contributed by atoms with E-state index in [0.29, 0.717) is 0 Å². The number of halogens is 2. The predicted octanol–water partition coefficient (Wildman–Crippen LogP) is 3.20. The number of likely N-dealkylation sites (tertiary alicyclic amines) is 1. The molecule has 1 saturated heterocycles. The molecule has 0 aromatic rings. The number of hydrogen-bond donors (Lipinski definition) is 1. The number of nitrogens with zero attached hydrogens (tertiary/aromatic N) is 1. The van der Waals surface area contributed by atoms with Gasteiger partial charge in [0.1, 0.15) is 0 Å². The Balaban J connectivity index is 0.00000196. The minimum Gasteiger partial charge on any atom is -0.303 e. The topological polar surface area (TPSA) is 15.3 Å². The first-order chi connectivity index (χ1) is 6.64. The molecular formula is C11H24Cl2N2. The third-order valence-electron chi connectivity index (χ3n) is 2.98. The quantitative estimate of drug-likeness (QED) is 0.759. The van der Waals surface area contributed by atoms with Gasteiger partial charge in [0.25, 0.3) is 0 Å². The van der Waals surface area contributed by atoms with Crippen molar-refractivity contribution in [1.29, 1.82) is 0 Å². The van der Waals surface area contributed by atoms with Crippen LogP contribution in [0, 0.1) is 0 Å². The zero-order valence-corrected chi connectivity index (χ0v) is 11.5. The fourth-order valence-electron chi connectivity index (χ4n) is 1.97. The van der Waals surface area contributed by atoms with E-state index in [9.17, 15) is 0 Å². The van der Waals surface area contributed by atoms with Crippen molar-refractivity contribution in [2.24, 2.45) is 0 Å². The Bertz CT molecular complexity index is 157. The molecule has 1 rings (SSSR count). The molecule has 92 valence electrons. The highest BCUT2D eigenvalue weighted by molar-refractivity contribution is 6.13. The van der Waals surface area contributed by atoms with Crippen LogP contribution in [-0.2, 0) is 0 Å². The predicted molar refractivity (Wildman–Crippen MR) is 69.8 cm³/mol. The lowest BCUT2D eigenvalue weighted by molar-refractivity contribution is 0.218. The lowest BCUT2D eigenvalue weighted by Crippen LogP contribution is -2.35. The minimum atomic E-state index is 0. The van der Waals surface area contributed by atoms with Crippen LogP contribution in [0.15, 0.2) is 0 Å². The summed E-state index contributed by atoms with van der Waals surface area (Å²) in [6.45, 7) is 8.14. The third-order valence-corrected chi connectivity index (χ3v) is 3.49. The fraction of sp³-hybridized carbons (Fsp3) is 1.00. The standard InChI is InChI=1S/C11H23ClN2.ClH/c1-11(2,13-12)7-6-10-14-8-4-3-5-9-14;/h13H,3-10H2,1-2H3;1H. The van der Waals surface area contributed by atoms with Gasteiger partial charge in [0.15, 0.2) is 0 Å². The van der Waals surface area contributed by atoms with Crippen molar-refractivity contribution in [1.82, 2.24) is 9.74 Å². The van der Waals surface area contributed by atoms with Crippen LogP contribution in [0.2, 0.25) is 0 Å². The van der Waals surface area contributed by atoms with Crippen LogP contribution in [0.4, 0.5) is 0 Å². The molecule has 1 N–H and O–H groups in total. The van der Waals surface area contributed by atoms with Crippen molar-refractivity contribution in [3.05, 3.63) is 0 Å². The molecule has 0 aliphatic carbocycles. The molecule has 0 spiro atoms. The van der Waals surface area contributed by atoms with Gasteiger partial charge in [0, 0.05) is 5.54 Å². The van der Waals surface area contributed by atoms with Gasteiger partial charge in [-0.2, -0.15) is 0 Å². The van der Waals surface area contributed by atoms with E-state index in [2.05, 4.69) is 23.6 Å². The van der Waals surface area contributed by atoms with Gasteiger partial charge in [-0.15, -0.1) is 12.4 Å². The van der Waals surface area contributed by atoms with E-state index in [1.165, 1.54) is 45.3 Å². The highest BCUT2D eigenvalue weighted by Gasteiger charge is 2.16. The Hall–Kier alpha value is 0.500. The molecule has 0 radical (unpaired) electrons. The molecule has 1 aliphatic heterocycles. The highest BCUT2D eigenvalue weighted by atomic mass is 35.5. The molecule has 0 amide bonds. The molecule has 0 atom stereocenters. The SMILES string of the molecule is CC(C)(CCCN1CCCCC1)NCl.Cl. The van der Waals surface area contributed by atoms with Crippen LogP contribution in [0.1, 0.15) is 46.0 Å². The average molecular weight is 255 g/mol. The monoisotopic (exact) mass is 254 g/mol. The lowest BCUT2D eigenvalue weighted by Gasteiger charge is -2.28. The number of rotatable bonds is 5. The Kier molecular flexibility index (Phi) is 7.98. The van der Waals surface area contributed by atoms with E-state index in [1.807, 2.05) is 0 Å². The number of piperidine rings is 1. The third kappa shape index (κ3) is 6.62. The molecular weight excluding hydrogens is 231 g/mol. The van der Waals surface area contributed by atoms with Gasteiger partial charge >= 0.3 is 0 Å². The Morgan fingerprint density at radius 1 is 1.20 bits per heavy atom. The summed E-state index contributed by atoms with van der Waals surface area (Å²) in [6, 6.07) is 0. The summed E-state index contributed by atoms with van der Waals surface area (Å²) < 4.78 is 0. The second-order valence-corrected chi connectivity index (χ2v) is 5.17. The maximum absolute atomic E-state index is 5.65. The van der Waals surface area contributed by atoms with E-state index >= 15 is 0 Å². The van der Waals surface area contributed by atoms with Gasteiger partial charge in [0.05, 0.1) is 0 Å². The van der Waals surface area contributed by atoms with Gasteiger partial charge < -0.3 is 4.90 Å². The van der Waals surface area contributed by atoms with Crippen molar-refractivity contribution < 1.29 is 0 Å². The van der Waals surface area contributed by atoms with E-state index < -0.39 is 0 Å². The van der Waals surface area contributed by atoms with Crippen molar-refractivity contribution in [3.63, 3.8) is 0 Å². The molecule has 4 heteroatoms. The second-order valence-electron chi connectivity index (χ2n) is 4.98. The lowest BCUT2D eigenvalue weighted by atomic mass is 9.99. The molecule has 0 aromatic heterocycles. The summed E-state index contributed by atoms with van der Waals surface area (Å²) in [5, 5.41) is 0. The van der Waals surface area contributed by atoms with Crippen LogP contribution in [-0.4, -0.2) is 30.1 Å². The molecule has 1 aliphatic rings. The molecule has 0 saturated carbocycles. The summed E-state index contributed by atoms with van der Waals surface area (Å²) in [6.07, 6.45) is 6.58. The van der Waals surface area contributed by atoms with Crippen LogP contribution < -0.4 is 4.84 Å². The van der Waals surface area contributed by atoms with Crippen LogP contribution in [0.3, 0.4) is 0 Å². The Labute approximate surface area is 105 Å². The Morgan fingerprint density at radius 3 is 2.33 bits per heavy atom. The van der Waals surface area contributed by atoms with E-state index in [4.69, 9.17) is 11.8 Å². The first-order valence-corrected chi connectivity index (χ1v) is 6.12. The maximum Gasteiger partial charge on any atom is 0.0276 e. The molecule has 2 nitrogen and oxygen atoms in total. The first-order valence-electron chi connectivity index (χ1n) is 5.74. The summed E-state index contributed by atoms with van der Waals surface area (Å²) in [5.74, 6) is 0. The number of nitrogens with one attached hydrogen (secondary N) is 1. The minimum absolute atomic E-state index is 0. The van der Waals surface area contributed by atoms with Crippen LogP contribution in [0.25, 0.3) is 0 Å². The number of hydrogen-bond acceptors (Lipinski definition) is 2.